The van der Waals surface area contributed by atoms with Crippen molar-refractivity contribution in [2.45, 2.75) is 25.4 Å². The topological polar surface area (TPSA) is 75.5 Å². The van der Waals surface area contributed by atoms with Crippen molar-refractivity contribution in [2.75, 3.05) is 26.2 Å². The van der Waals surface area contributed by atoms with Crippen LogP contribution >= 0.6 is 23.6 Å². The Bertz CT molecular complexity index is 955. The van der Waals surface area contributed by atoms with Gasteiger partial charge >= 0.3 is 0 Å². The highest BCUT2D eigenvalue weighted by Crippen LogP contribution is 2.19. The van der Waals surface area contributed by atoms with Crippen LogP contribution in [0.25, 0.3) is 0 Å². The predicted molar refractivity (Wildman–Crippen MR) is 102 cm³/mol. The van der Waals surface area contributed by atoms with Crippen LogP contribution < -0.4 is 0 Å². The molecule has 0 aliphatic carbocycles. The zero-order valence-corrected chi connectivity index (χ0v) is 17.0. The Kier molecular flexibility index (Phi) is 5.68. The second kappa shape index (κ2) is 7.65. The highest BCUT2D eigenvalue weighted by molar-refractivity contribution is 7.89. The first-order chi connectivity index (χ1) is 12.3. The first kappa shape index (κ1) is 19.3. The van der Waals surface area contributed by atoms with E-state index in [1.54, 1.807) is 16.8 Å². The lowest BCUT2D eigenvalue weighted by Crippen LogP contribution is -2.48. The van der Waals surface area contributed by atoms with Crippen LogP contribution in [-0.4, -0.2) is 59.4 Å². The molecule has 0 spiro atoms. The molecular formula is C16H20N4O3S3. The number of rotatable bonds is 5. The van der Waals surface area contributed by atoms with Gasteiger partial charge in [0.1, 0.15) is 5.01 Å². The summed E-state index contributed by atoms with van der Waals surface area (Å²) in [6, 6.07) is 6.10. The quantitative estimate of drug-likeness (QED) is 0.553. The molecule has 2 aromatic rings. The molecule has 1 aliphatic heterocycles. The van der Waals surface area contributed by atoms with Crippen molar-refractivity contribution in [3.05, 3.63) is 38.8 Å². The summed E-state index contributed by atoms with van der Waals surface area (Å²) in [6.07, 6.45) is 0. The lowest BCUT2D eigenvalue weighted by atomic mass is 10.2. The summed E-state index contributed by atoms with van der Waals surface area (Å²) in [5.74, 6) is -0.0848. The number of aromatic nitrogens is 2. The van der Waals surface area contributed by atoms with Crippen molar-refractivity contribution < 1.29 is 13.2 Å². The maximum absolute atomic E-state index is 12.8. The first-order valence-corrected chi connectivity index (χ1v) is 10.8. The molecule has 1 fully saturated rings. The Morgan fingerprint density at radius 3 is 2.31 bits per heavy atom. The molecule has 1 saturated heterocycles. The van der Waals surface area contributed by atoms with Gasteiger partial charge in [0, 0.05) is 31.7 Å². The van der Waals surface area contributed by atoms with Crippen molar-refractivity contribution in [3.8, 4) is 0 Å². The molecule has 2 heterocycles. The van der Waals surface area contributed by atoms with Gasteiger partial charge in [0.25, 0.3) is 0 Å². The Morgan fingerprint density at radius 2 is 1.81 bits per heavy atom. The van der Waals surface area contributed by atoms with Crippen molar-refractivity contribution in [2.24, 2.45) is 0 Å². The number of hydrogen-bond donors (Lipinski definition) is 0. The van der Waals surface area contributed by atoms with Gasteiger partial charge in [-0.25, -0.2) is 13.1 Å². The van der Waals surface area contributed by atoms with Crippen LogP contribution in [0.1, 0.15) is 22.3 Å². The smallest absolute Gasteiger partial charge is 0.243 e. The van der Waals surface area contributed by atoms with Crippen molar-refractivity contribution >= 4 is 39.4 Å². The SMILES string of the molecule is CC(=O)c1ccc(S(=O)(=O)N2CCN(Cn3nc(C)sc3=S)CC2)cc1. The molecule has 140 valence electrons. The average Bonchev–Trinajstić information content (AvgIpc) is 2.92. The van der Waals surface area contributed by atoms with Crippen LogP contribution in [0, 0.1) is 10.9 Å². The van der Waals surface area contributed by atoms with Crippen LogP contribution in [0.15, 0.2) is 29.2 Å². The summed E-state index contributed by atoms with van der Waals surface area (Å²) < 4.78 is 29.5. The number of sulfonamides is 1. The van der Waals surface area contributed by atoms with Crippen LogP contribution in [-0.2, 0) is 16.7 Å². The minimum atomic E-state index is -3.55. The maximum Gasteiger partial charge on any atom is 0.243 e. The summed E-state index contributed by atoms with van der Waals surface area (Å²) in [6.45, 7) is 5.99. The Balaban J connectivity index is 1.65. The summed E-state index contributed by atoms with van der Waals surface area (Å²) in [4.78, 5) is 13.7. The van der Waals surface area contributed by atoms with Crippen molar-refractivity contribution in [1.29, 1.82) is 0 Å². The molecule has 3 rings (SSSR count). The maximum atomic E-state index is 12.8. The number of benzene rings is 1. The molecule has 0 saturated carbocycles. The fourth-order valence-electron chi connectivity index (χ4n) is 2.81. The van der Waals surface area contributed by atoms with Gasteiger partial charge in [-0.2, -0.15) is 9.40 Å². The molecule has 1 aliphatic rings. The minimum absolute atomic E-state index is 0.0848. The number of hydrogen-bond acceptors (Lipinski definition) is 7. The minimum Gasteiger partial charge on any atom is -0.295 e. The van der Waals surface area contributed by atoms with Gasteiger partial charge in [-0.3, -0.25) is 9.69 Å². The van der Waals surface area contributed by atoms with E-state index < -0.39 is 10.0 Å². The number of nitrogens with zero attached hydrogens (tertiary/aromatic N) is 4. The molecular weight excluding hydrogens is 392 g/mol. The van der Waals surface area contributed by atoms with Crippen LogP contribution in [0.4, 0.5) is 0 Å². The third-order valence-corrected chi connectivity index (χ3v) is 7.41. The lowest BCUT2D eigenvalue weighted by Gasteiger charge is -2.33. The zero-order valence-electron chi connectivity index (χ0n) is 14.6. The second-order valence-electron chi connectivity index (χ2n) is 6.13. The van der Waals surface area contributed by atoms with Gasteiger partial charge in [-0.15, -0.1) is 0 Å². The third kappa shape index (κ3) is 4.09. The van der Waals surface area contributed by atoms with E-state index in [1.807, 2.05) is 6.92 Å². The van der Waals surface area contributed by atoms with Crippen molar-refractivity contribution in [1.82, 2.24) is 19.0 Å². The fourth-order valence-corrected chi connectivity index (χ4v) is 5.29. The third-order valence-electron chi connectivity index (χ3n) is 4.27. The van der Waals surface area contributed by atoms with Crippen molar-refractivity contribution in [3.63, 3.8) is 0 Å². The van der Waals surface area contributed by atoms with E-state index in [0.29, 0.717) is 38.4 Å². The van der Waals surface area contributed by atoms with E-state index in [2.05, 4.69) is 10.00 Å². The van der Waals surface area contributed by atoms with Gasteiger partial charge in [-0.05, 0) is 38.2 Å². The molecule has 0 atom stereocenters. The van der Waals surface area contributed by atoms with Crippen LogP contribution in [0.5, 0.6) is 0 Å². The predicted octanol–water partition coefficient (Wildman–Crippen LogP) is 2.15. The summed E-state index contributed by atoms with van der Waals surface area (Å²) in [5.41, 5.74) is 0.504. The summed E-state index contributed by atoms with van der Waals surface area (Å²) in [5, 5.41) is 5.29. The first-order valence-electron chi connectivity index (χ1n) is 8.15. The van der Waals surface area contributed by atoms with E-state index in [1.165, 1.54) is 34.7 Å². The largest absolute Gasteiger partial charge is 0.295 e. The number of ketones is 1. The highest BCUT2D eigenvalue weighted by Gasteiger charge is 2.28. The fraction of sp³-hybridized carbons (Fsp3) is 0.438. The van der Waals surface area contributed by atoms with E-state index in [-0.39, 0.29) is 10.7 Å². The number of aryl methyl sites for hydroxylation is 1. The molecule has 0 bridgehead atoms. The molecule has 0 radical (unpaired) electrons. The molecule has 1 aromatic heterocycles. The second-order valence-corrected chi connectivity index (χ2v) is 9.90. The highest BCUT2D eigenvalue weighted by atomic mass is 32.2. The standard InChI is InChI=1S/C16H20N4O3S3/c1-12(21)14-3-5-15(6-4-14)26(22,23)19-9-7-18(8-10-19)11-20-16(24)25-13(2)17-20/h3-6H,7-11H2,1-2H3. The molecule has 7 nitrogen and oxygen atoms in total. The molecule has 1 aromatic carbocycles. The van der Waals surface area contributed by atoms with E-state index in [0.717, 1.165) is 8.96 Å². The molecule has 0 amide bonds. The Morgan fingerprint density at radius 1 is 1.19 bits per heavy atom. The molecule has 0 unspecified atom stereocenters. The Labute approximate surface area is 161 Å². The monoisotopic (exact) mass is 412 g/mol. The van der Waals surface area contributed by atoms with Gasteiger partial charge in [0.05, 0.1) is 11.6 Å². The zero-order chi connectivity index (χ0) is 18.9. The lowest BCUT2D eigenvalue weighted by molar-refractivity contribution is 0.101. The van der Waals surface area contributed by atoms with Gasteiger partial charge in [-0.1, -0.05) is 23.5 Å². The van der Waals surface area contributed by atoms with E-state index in [9.17, 15) is 13.2 Å². The molecule has 0 N–H and O–H groups in total. The van der Waals surface area contributed by atoms with Crippen LogP contribution in [0.3, 0.4) is 0 Å². The number of Topliss-reactive ketones (excluding diaryl/α,β-unsaturated/α-hetero) is 1. The summed E-state index contributed by atoms with van der Waals surface area (Å²) in [7, 11) is -3.55. The molecule has 10 heteroatoms. The van der Waals surface area contributed by atoms with Gasteiger partial charge in [0.15, 0.2) is 9.74 Å². The number of piperazine rings is 1. The van der Waals surface area contributed by atoms with Gasteiger partial charge in [0.2, 0.25) is 10.0 Å². The normalized spacial score (nSPS) is 16.7. The average molecular weight is 413 g/mol. The number of carbonyl (C=O) groups excluding carboxylic acids is 1. The molecule has 26 heavy (non-hydrogen) atoms. The van der Waals surface area contributed by atoms with E-state index >= 15 is 0 Å². The van der Waals surface area contributed by atoms with Gasteiger partial charge < -0.3 is 0 Å². The summed E-state index contributed by atoms with van der Waals surface area (Å²) >= 11 is 6.75. The van der Waals surface area contributed by atoms with Crippen LogP contribution in [0.2, 0.25) is 0 Å². The Hall–Kier alpha value is -1.46. The van der Waals surface area contributed by atoms with E-state index in [4.69, 9.17) is 12.2 Å². The number of carbonyl (C=O) groups is 1.